The summed E-state index contributed by atoms with van der Waals surface area (Å²) >= 11 is 0. The summed E-state index contributed by atoms with van der Waals surface area (Å²) in [5.41, 5.74) is 0. The Bertz CT molecular complexity index is 868. The van der Waals surface area contributed by atoms with Gasteiger partial charge >= 0.3 is 17.9 Å². The highest BCUT2D eigenvalue weighted by atomic mass is 16.6. The van der Waals surface area contributed by atoms with Crippen LogP contribution in [0.3, 0.4) is 0 Å². The van der Waals surface area contributed by atoms with E-state index in [1.54, 1.807) is 0 Å². The number of rotatable bonds is 43. The standard InChI is InChI=1S/C50H96O6/c1-44(2)36-30-24-18-12-8-7-9-15-23-29-35-41-50(53)56-47(43-55-49(52)40-34-28-22-17-16-20-26-32-38-46(5)6)42-54-48(51)39-33-27-21-14-11-10-13-19-25-31-37-45(3)4/h44-47H,7-43H2,1-6H3/t47-/m0/s1. The molecule has 0 N–H and O–H groups in total. The van der Waals surface area contributed by atoms with Gasteiger partial charge in [-0.15, -0.1) is 0 Å². The molecule has 0 heterocycles. The Kier molecular flexibility index (Phi) is 40.4. The quantitative estimate of drug-likeness (QED) is 0.0348. The molecule has 0 spiro atoms. The van der Waals surface area contributed by atoms with E-state index in [1.807, 2.05) is 0 Å². The molecule has 1 atom stereocenters. The van der Waals surface area contributed by atoms with Crippen molar-refractivity contribution in [3.05, 3.63) is 0 Å². The maximum absolute atomic E-state index is 12.8. The Labute approximate surface area is 348 Å². The fourth-order valence-electron chi connectivity index (χ4n) is 7.41. The van der Waals surface area contributed by atoms with Crippen LogP contribution < -0.4 is 0 Å². The van der Waals surface area contributed by atoms with Crippen LogP contribution in [0.4, 0.5) is 0 Å². The summed E-state index contributed by atoms with van der Waals surface area (Å²) in [6.45, 7) is 13.7. The predicted octanol–water partition coefficient (Wildman–Crippen LogP) is 15.6. The van der Waals surface area contributed by atoms with Crippen molar-refractivity contribution in [2.75, 3.05) is 13.2 Å². The fourth-order valence-corrected chi connectivity index (χ4v) is 7.41. The summed E-state index contributed by atoms with van der Waals surface area (Å²) in [5, 5.41) is 0. The van der Waals surface area contributed by atoms with Gasteiger partial charge in [-0.3, -0.25) is 14.4 Å². The second-order valence-electron chi connectivity index (χ2n) is 18.5. The average molecular weight is 793 g/mol. The highest BCUT2D eigenvalue weighted by Gasteiger charge is 2.19. The minimum atomic E-state index is -0.762. The van der Waals surface area contributed by atoms with Gasteiger partial charge in [0.1, 0.15) is 13.2 Å². The lowest BCUT2D eigenvalue weighted by atomic mass is 10.0. The van der Waals surface area contributed by atoms with Crippen LogP contribution in [0, 0.1) is 17.8 Å². The molecule has 332 valence electrons. The molecule has 0 aliphatic rings. The first-order valence-corrected chi connectivity index (χ1v) is 24.6. The number of unbranched alkanes of at least 4 members (excludes halogenated alkanes) is 26. The summed E-state index contributed by atoms with van der Waals surface area (Å²) in [6, 6.07) is 0. The van der Waals surface area contributed by atoms with Crippen LogP contribution >= 0.6 is 0 Å². The van der Waals surface area contributed by atoms with Crippen LogP contribution in [0.25, 0.3) is 0 Å². The molecule has 0 radical (unpaired) electrons. The first kappa shape index (κ1) is 54.4. The van der Waals surface area contributed by atoms with Crippen LogP contribution in [-0.4, -0.2) is 37.2 Å². The Morgan fingerprint density at radius 1 is 0.304 bits per heavy atom. The molecule has 0 bridgehead atoms. The third-order valence-corrected chi connectivity index (χ3v) is 11.1. The van der Waals surface area contributed by atoms with Gasteiger partial charge in [0.05, 0.1) is 0 Å². The molecule has 0 aliphatic carbocycles. The topological polar surface area (TPSA) is 78.9 Å². The number of carbonyl (C=O) groups is 3. The summed E-state index contributed by atoms with van der Waals surface area (Å²) in [5.74, 6) is 1.58. The van der Waals surface area contributed by atoms with Crippen LogP contribution in [-0.2, 0) is 28.6 Å². The SMILES string of the molecule is CC(C)CCCCCCCCCCCCCC(=O)O[C@@H](COC(=O)CCCCCCCCCCCCC(C)C)COC(=O)CCCCCCCCCCC(C)C. The summed E-state index contributed by atoms with van der Waals surface area (Å²) in [7, 11) is 0. The van der Waals surface area contributed by atoms with Gasteiger partial charge in [0.15, 0.2) is 6.10 Å². The van der Waals surface area contributed by atoms with E-state index in [1.165, 1.54) is 148 Å². The van der Waals surface area contributed by atoms with Crippen molar-refractivity contribution in [1.29, 1.82) is 0 Å². The van der Waals surface area contributed by atoms with E-state index in [2.05, 4.69) is 41.5 Å². The Morgan fingerprint density at radius 2 is 0.518 bits per heavy atom. The van der Waals surface area contributed by atoms with Crippen molar-refractivity contribution in [1.82, 2.24) is 0 Å². The molecule has 0 saturated heterocycles. The smallest absolute Gasteiger partial charge is 0.306 e. The fraction of sp³-hybridized carbons (Fsp3) is 0.940. The second-order valence-corrected chi connectivity index (χ2v) is 18.5. The first-order valence-electron chi connectivity index (χ1n) is 24.6. The maximum Gasteiger partial charge on any atom is 0.306 e. The molecular weight excluding hydrogens is 697 g/mol. The van der Waals surface area contributed by atoms with E-state index < -0.39 is 6.10 Å². The van der Waals surface area contributed by atoms with Crippen molar-refractivity contribution < 1.29 is 28.6 Å². The second kappa shape index (κ2) is 41.6. The van der Waals surface area contributed by atoms with Crippen LogP contribution in [0.2, 0.25) is 0 Å². The molecular formula is C50H96O6. The minimum Gasteiger partial charge on any atom is -0.462 e. The van der Waals surface area contributed by atoms with Crippen molar-refractivity contribution >= 4 is 17.9 Å². The Morgan fingerprint density at radius 3 is 0.768 bits per heavy atom. The first-order chi connectivity index (χ1) is 27.1. The van der Waals surface area contributed by atoms with Gasteiger partial charge in [-0.2, -0.15) is 0 Å². The molecule has 0 saturated carbocycles. The monoisotopic (exact) mass is 793 g/mol. The van der Waals surface area contributed by atoms with E-state index in [4.69, 9.17) is 14.2 Å². The lowest BCUT2D eigenvalue weighted by molar-refractivity contribution is -0.167. The van der Waals surface area contributed by atoms with E-state index >= 15 is 0 Å². The molecule has 0 aromatic rings. The third-order valence-electron chi connectivity index (χ3n) is 11.1. The Balaban J connectivity index is 4.33. The largest absolute Gasteiger partial charge is 0.462 e. The van der Waals surface area contributed by atoms with Crippen LogP contribution in [0.5, 0.6) is 0 Å². The number of hydrogen-bond acceptors (Lipinski definition) is 6. The van der Waals surface area contributed by atoms with Crippen molar-refractivity contribution in [2.45, 2.75) is 272 Å². The van der Waals surface area contributed by atoms with Gasteiger partial charge < -0.3 is 14.2 Å². The summed E-state index contributed by atoms with van der Waals surface area (Å²) in [6.07, 6.45) is 39.5. The predicted molar refractivity (Wildman–Crippen MR) is 238 cm³/mol. The lowest BCUT2D eigenvalue weighted by Gasteiger charge is -2.18. The molecule has 0 fully saturated rings. The zero-order valence-electron chi connectivity index (χ0n) is 38.4. The molecule has 0 rings (SSSR count). The maximum atomic E-state index is 12.8. The minimum absolute atomic E-state index is 0.0656. The molecule has 0 aromatic carbocycles. The van der Waals surface area contributed by atoms with Crippen molar-refractivity contribution in [2.24, 2.45) is 17.8 Å². The highest BCUT2D eigenvalue weighted by Crippen LogP contribution is 2.17. The zero-order chi connectivity index (χ0) is 41.3. The average Bonchev–Trinajstić information content (AvgIpc) is 3.15. The number of carbonyl (C=O) groups excluding carboxylic acids is 3. The molecule has 0 aliphatic heterocycles. The number of ether oxygens (including phenoxy) is 3. The van der Waals surface area contributed by atoms with Crippen LogP contribution in [0.1, 0.15) is 266 Å². The van der Waals surface area contributed by atoms with Crippen molar-refractivity contribution in [3.63, 3.8) is 0 Å². The number of hydrogen-bond donors (Lipinski definition) is 0. The van der Waals surface area contributed by atoms with E-state index in [-0.39, 0.29) is 31.1 Å². The molecule has 56 heavy (non-hydrogen) atoms. The third kappa shape index (κ3) is 43.5. The van der Waals surface area contributed by atoms with Gasteiger partial charge in [-0.25, -0.2) is 0 Å². The number of esters is 3. The zero-order valence-corrected chi connectivity index (χ0v) is 38.4. The van der Waals surface area contributed by atoms with Gasteiger partial charge in [-0.1, -0.05) is 228 Å². The van der Waals surface area contributed by atoms with Gasteiger partial charge in [-0.05, 0) is 37.0 Å². The molecule has 6 nitrogen and oxygen atoms in total. The van der Waals surface area contributed by atoms with E-state index in [0.717, 1.165) is 75.5 Å². The lowest BCUT2D eigenvalue weighted by Crippen LogP contribution is -2.30. The summed E-state index contributed by atoms with van der Waals surface area (Å²) in [4.78, 5) is 37.8. The molecule has 0 amide bonds. The highest BCUT2D eigenvalue weighted by molar-refractivity contribution is 5.71. The molecule has 6 heteroatoms. The van der Waals surface area contributed by atoms with Gasteiger partial charge in [0.2, 0.25) is 0 Å². The van der Waals surface area contributed by atoms with Crippen LogP contribution in [0.15, 0.2) is 0 Å². The normalized spacial score (nSPS) is 12.2. The summed E-state index contributed by atoms with van der Waals surface area (Å²) < 4.78 is 16.8. The molecule has 0 unspecified atom stereocenters. The van der Waals surface area contributed by atoms with Gasteiger partial charge in [0.25, 0.3) is 0 Å². The van der Waals surface area contributed by atoms with E-state index in [9.17, 15) is 14.4 Å². The van der Waals surface area contributed by atoms with E-state index in [0.29, 0.717) is 19.3 Å². The van der Waals surface area contributed by atoms with Crippen molar-refractivity contribution in [3.8, 4) is 0 Å². The molecule has 0 aromatic heterocycles. The van der Waals surface area contributed by atoms with Gasteiger partial charge in [0, 0.05) is 19.3 Å². The Hall–Kier alpha value is -1.59.